The van der Waals surface area contributed by atoms with Crippen LogP contribution >= 0.6 is 0 Å². The summed E-state index contributed by atoms with van der Waals surface area (Å²) in [4.78, 5) is 30.1. The Balaban J connectivity index is 1.68. The van der Waals surface area contributed by atoms with Crippen molar-refractivity contribution in [3.8, 4) is 5.75 Å². The fourth-order valence-corrected chi connectivity index (χ4v) is 4.43. The number of carbonyl (C=O) groups is 2. The molecule has 2 heterocycles. The molecule has 0 radical (unpaired) electrons. The number of methoxy groups -OCH3 is 1. The molecule has 7 nitrogen and oxygen atoms in total. The highest BCUT2D eigenvalue weighted by Crippen LogP contribution is 2.40. The number of morpholine rings is 1. The maximum Gasteiger partial charge on any atom is 0.295 e. The largest absolute Gasteiger partial charge is 0.507 e. The zero-order chi connectivity index (χ0) is 23.4. The number of ketones is 1. The zero-order valence-electron chi connectivity index (χ0n) is 19.1. The summed E-state index contributed by atoms with van der Waals surface area (Å²) in [6.45, 7) is 6.34. The molecule has 7 heteroatoms. The Labute approximate surface area is 194 Å². The molecule has 2 aromatic carbocycles. The number of carbonyl (C=O) groups excluding carboxylic acids is 2. The third kappa shape index (κ3) is 4.94. The van der Waals surface area contributed by atoms with E-state index >= 15 is 0 Å². The first-order chi connectivity index (χ1) is 16.0. The van der Waals surface area contributed by atoms with Crippen LogP contribution in [0.3, 0.4) is 0 Å². The van der Waals surface area contributed by atoms with E-state index in [2.05, 4.69) is 4.90 Å². The van der Waals surface area contributed by atoms with Crippen molar-refractivity contribution in [3.05, 3.63) is 70.8 Å². The minimum absolute atomic E-state index is 0.114. The van der Waals surface area contributed by atoms with E-state index in [1.807, 2.05) is 43.3 Å². The molecule has 174 valence electrons. The van der Waals surface area contributed by atoms with Gasteiger partial charge in [-0.3, -0.25) is 14.5 Å². The number of likely N-dealkylation sites (tertiary alicyclic amines) is 1. The Kier molecular flexibility index (Phi) is 7.11. The Hall–Kier alpha value is -3.16. The molecule has 0 saturated carbocycles. The molecule has 1 atom stereocenters. The number of benzene rings is 2. The average Bonchev–Trinajstić information content (AvgIpc) is 3.10. The van der Waals surface area contributed by atoms with Gasteiger partial charge in [-0.15, -0.1) is 0 Å². The lowest BCUT2D eigenvalue weighted by Crippen LogP contribution is -2.38. The number of nitrogens with zero attached hydrogens (tertiary/aromatic N) is 2. The maximum atomic E-state index is 13.1. The minimum Gasteiger partial charge on any atom is -0.507 e. The highest BCUT2D eigenvalue weighted by atomic mass is 16.5. The van der Waals surface area contributed by atoms with Gasteiger partial charge in [0.1, 0.15) is 11.5 Å². The van der Waals surface area contributed by atoms with Gasteiger partial charge in [-0.1, -0.05) is 42.0 Å². The van der Waals surface area contributed by atoms with Gasteiger partial charge in [-0.25, -0.2) is 0 Å². The monoisotopic (exact) mass is 450 g/mol. The van der Waals surface area contributed by atoms with Crippen molar-refractivity contribution in [2.75, 3.05) is 46.5 Å². The molecule has 2 aromatic rings. The van der Waals surface area contributed by atoms with Crippen molar-refractivity contribution < 1.29 is 24.2 Å². The number of Topliss-reactive ketones (excluding diaryl/α,β-unsaturated/α-hetero) is 1. The van der Waals surface area contributed by atoms with Crippen molar-refractivity contribution in [1.29, 1.82) is 0 Å². The molecule has 1 amide bonds. The second-order valence-electron chi connectivity index (χ2n) is 8.44. The van der Waals surface area contributed by atoms with Crippen LogP contribution in [0.4, 0.5) is 0 Å². The maximum absolute atomic E-state index is 13.1. The molecule has 2 saturated heterocycles. The van der Waals surface area contributed by atoms with Crippen LogP contribution in [-0.2, 0) is 14.3 Å². The summed E-state index contributed by atoms with van der Waals surface area (Å²) >= 11 is 0. The molecule has 0 unspecified atom stereocenters. The summed E-state index contributed by atoms with van der Waals surface area (Å²) in [7, 11) is 1.57. The van der Waals surface area contributed by atoms with Crippen LogP contribution in [0.1, 0.15) is 29.2 Å². The lowest BCUT2D eigenvalue weighted by molar-refractivity contribution is -0.140. The van der Waals surface area contributed by atoms with Crippen molar-refractivity contribution in [2.45, 2.75) is 19.4 Å². The van der Waals surface area contributed by atoms with Gasteiger partial charge in [0, 0.05) is 31.7 Å². The predicted molar refractivity (Wildman–Crippen MR) is 125 cm³/mol. The van der Waals surface area contributed by atoms with Gasteiger partial charge < -0.3 is 19.5 Å². The smallest absolute Gasteiger partial charge is 0.295 e. The normalized spacial score (nSPS) is 20.9. The number of aryl methyl sites for hydroxylation is 1. The van der Waals surface area contributed by atoms with E-state index in [9.17, 15) is 14.7 Å². The van der Waals surface area contributed by atoms with Crippen LogP contribution in [-0.4, -0.2) is 73.1 Å². The summed E-state index contributed by atoms with van der Waals surface area (Å²) < 4.78 is 10.8. The fourth-order valence-electron chi connectivity index (χ4n) is 4.43. The quantitative estimate of drug-likeness (QED) is 0.397. The van der Waals surface area contributed by atoms with Crippen LogP contribution in [0.5, 0.6) is 5.75 Å². The predicted octanol–water partition coefficient (Wildman–Crippen LogP) is 3.15. The van der Waals surface area contributed by atoms with Crippen LogP contribution < -0.4 is 4.74 Å². The summed E-state index contributed by atoms with van der Waals surface area (Å²) in [6, 6.07) is 13.9. The molecule has 33 heavy (non-hydrogen) atoms. The Morgan fingerprint density at radius 3 is 2.52 bits per heavy atom. The van der Waals surface area contributed by atoms with E-state index in [0.29, 0.717) is 31.1 Å². The third-order valence-electron chi connectivity index (χ3n) is 6.25. The van der Waals surface area contributed by atoms with Gasteiger partial charge in [0.2, 0.25) is 0 Å². The molecule has 0 aliphatic carbocycles. The summed E-state index contributed by atoms with van der Waals surface area (Å²) in [5.74, 6) is -0.774. The zero-order valence-corrected chi connectivity index (χ0v) is 19.1. The van der Waals surface area contributed by atoms with Gasteiger partial charge in [0.25, 0.3) is 11.7 Å². The van der Waals surface area contributed by atoms with E-state index < -0.39 is 17.7 Å². The molecule has 2 aliphatic rings. The third-order valence-corrected chi connectivity index (χ3v) is 6.25. The molecule has 0 bridgehead atoms. The van der Waals surface area contributed by atoms with E-state index in [1.165, 1.54) is 0 Å². The molecular weight excluding hydrogens is 420 g/mol. The first-order valence-corrected chi connectivity index (χ1v) is 11.3. The Morgan fingerprint density at radius 2 is 1.82 bits per heavy atom. The molecule has 0 aromatic heterocycles. The van der Waals surface area contributed by atoms with Gasteiger partial charge in [-0.2, -0.15) is 0 Å². The highest BCUT2D eigenvalue weighted by molar-refractivity contribution is 6.46. The van der Waals surface area contributed by atoms with Crippen molar-refractivity contribution >= 4 is 17.4 Å². The Morgan fingerprint density at radius 1 is 1.09 bits per heavy atom. The summed E-state index contributed by atoms with van der Waals surface area (Å²) in [6.07, 6.45) is 0.720. The second kappa shape index (κ2) is 10.2. The van der Waals surface area contributed by atoms with Crippen LogP contribution in [0.25, 0.3) is 5.76 Å². The molecular formula is C26H30N2O5. The van der Waals surface area contributed by atoms with E-state index in [0.717, 1.165) is 37.2 Å². The number of aliphatic hydroxyl groups is 1. The lowest BCUT2D eigenvalue weighted by Gasteiger charge is -2.29. The SMILES string of the molecule is COc1cccc([C@H]2/C(=C(\O)c3ccc(C)cc3)C(=O)C(=O)N2CCCN2CCOCC2)c1. The number of rotatable bonds is 7. The minimum atomic E-state index is -0.675. The second-order valence-corrected chi connectivity index (χ2v) is 8.44. The molecule has 0 spiro atoms. The molecule has 2 fully saturated rings. The van der Waals surface area contributed by atoms with Crippen LogP contribution in [0.2, 0.25) is 0 Å². The van der Waals surface area contributed by atoms with Gasteiger partial charge in [0.15, 0.2) is 0 Å². The first-order valence-electron chi connectivity index (χ1n) is 11.3. The first kappa shape index (κ1) is 23.0. The number of hydrogen-bond acceptors (Lipinski definition) is 6. The van der Waals surface area contributed by atoms with Crippen molar-refractivity contribution in [1.82, 2.24) is 9.80 Å². The van der Waals surface area contributed by atoms with Crippen LogP contribution in [0.15, 0.2) is 54.1 Å². The van der Waals surface area contributed by atoms with E-state index in [1.54, 1.807) is 24.1 Å². The van der Waals surface area contributed by atoms with Crippen molar-refractivity contribution in [3.63, 3.8) is 0 Å². The van der Waals surface area contributed by atoms with Gasteiger partial charge >= 0.3 is 0 Å². The number of amides is 1. The summed E-state index contributed by atoms with van der Waals surface area (Å²) in [5.41, 5.74) is 2.40. The van der Waals surface area contributed by atoms with Gasteiger partial charge in [-0.05, 0) is 31.0 Å². The fraction of sp³-hybridized carbons (Fsp3) is 0.385. The number of ether oxygens (including phenoxy) is 2. The standard InChI is InChI=1S/C26H30N2O5/c1-18-7-9-19(10-8-18)24(29)22-23(20-5-3-6-21(17-20)32-2)28(26(31)25(22)30)12-4-11-27-13-15-33-16-14-27/h3,5-10,17,23,29H,4,11-16H2,1-2H3/b24-22+/t23-/m0/s1. The lowest BCUT2D eigenvalue weighted by atomic mass is 9.95. The van der Waals surface area contributed by atoms with E-state index in [-0.39, 0.29) is 11.3 Å². The molecule has 2 aliphatic heterocycles. The Bertz CT molecular complexity index is 1040. The topological polar surface area (TPSA) is 79.3 Å². The van der Waals surface area contributed by atoms with E-state index in [4.69, 9.17) is 9.47 Å². The van der Waals surface area contributed by atoms with Crippen molar-refractivity contribution in [2.24, 2.45) is 0 Å². The van der Waals surface area contributed by atoms with Gasteiger partial charge in [0.05, 0.1) is 31.9 Å². The highest BCUT2D eigenvalue weighted by Gasteiger charge is 2.45. The van der Waals surface area contributed by atoms with Crippen LogP contribution in [0, 0.1) is 6.92 Å². The molecule has 1 N–H and O–H groups in total. The number of hydrogen-bond donors (Lipinski definition) is 1. The average molecular weight is 451 g/mol. The molecule has 4 rings (SSSR count). The number of aliphatic hydroxyl groups excluding tert-OH is 1. The summed E-state index contributed by atoms with van der Waals surface area (Å²) in [5, 5.41) is 11.1.